The van der Waals surface area contributed by atoms with E-state index >= 15 is 0 Å². The van der Waals surface area contributed by atoms with Gasteiger partial charge in [0.05, 0.1) is 11.9 Å². The molecule has 0 amide bonds. The Morgan fingerprint density at radius 2 is 2.47 bits per heavy atom. The van der Waals surface area contributed by atoms with E-state index in [2.05, 4.69) is 27.3 Å². The summed E-state index contributed by atoms with van der Waals surface area (Å²) in [4.78, 5) is 0. The minimum Gasteiger partial charge on any atom is -0.457 e. The van der Waals surface area contributed by atoms with Crippen LogP contribution in [0.2, 0.25) is 0 Å². The first kappa shape index (κ1) is 14.0. The van der Waals surface area contributed by atoms with Crippen molar-refractivity contribution in [1.29, 1.82) is 0 Å². The molecule has 0 bridgehead atoms. The second-order valence-corrected chi connectivity index (χ2v) is 7.33. The van der Waals surface area contributed by atoms with Crippen LogP contribution in [0.5, 0.6) is 0 Å². The fourth-order valence-corrected chi connectivity index (χ4v) is 5.25. The summed E-state index contributed by atoms with van der Waals surface area (Å²) < 4.78 is 12.4. The maximum atomic E-state index is 6.12. The highest BCUT2D eigenvalue weighted by Crippen LogP contribution is 2.44. The van der Waals surface area contributed by atoms with Gasteiger partial charge in [0, 0.05) is 24.0 Å². The van der Waals surface area contributed by atoms with Crippen molar-refractivity contribution < 1.29 is 9.15 Å². The lowest BCUT2D eigenvalue weighted by molar-refractivity contribution is -0.0851. The van der Waals surface area contributed by atoms with Gasteiger partial charge in [-0.3, -0.25) is 0 Å². The Morgan fingerprint density at radius 3 is 3.11 bits per heavy atom. The van der Waals surface area contributed by atoms with E-state index in [0.29, 0.717) is 12.0 Å². The highest BCUT2D eigenvalue weighted by molar-refractivity contribution is 9.10. The zero-order valence-electron chi connectivity index (χ0n) is 11.2. The number of furan rings is 1. The van der Waals surface area contributed by atoms with Gasteiger partial charge >= 0.3 is 0 Å². The van der Waals surface area contributed by atoms with E-state index in [0.717, 1.165) is 29.9 Å². The average Bonchev–Trinajstić information content (AvgIpc) is 3.02. The molecule has 5 heteroatoms. The summed E-state index contributed by atoms with van der Waals surface area (Å²) >= 11 is 5.54. The molecule has 0 aromatic carbocycles. The van der Waals surface area contributed by atoms with E-state index in [1.165, 1.54) is 17.7 Å². The molecule has 3 unspecified atom stereocenters. The second-order valence-electron chi connectivity index (χ2n) is 5.50. The summed E-state index contributed by atoms with van der Waals surface area (Å²) in [5.74, 6) is 3.02. The van der Waals surface area contributed by atoms with Gasteiger partial charge in [0.1, 0.15) is 0 Å². The van der Waals surface area contributed by atoms with Crippen molar-refractivity contribution in [3.05, 3.63) is 22.6 Å². The van der Waals surface area contributed by atoms with Gasteiger partial charge in [-0.1, -0.05) is 0 Å². The number of halogens is 1. The van der Waals surface area contributed by atoms with Gasteiger partial charge in [0.25, 0.3) is 0 Å². The molecule has 1 spiro atoms. The van der Waals surface area contributed by atoms with Crippen LogP contribution in [0, 0.1) is 5.92 Å². The third-order valence-corrected chi connectivity index (χ3v) is 6.23. The highest BCUT2D eigenvalue weighted by atomic mass is 79.9. The lowest BCUT2D eigenvalue weighted by Gasteiger charge is -2.40. The molecule has 2 saturated heterocycles. The quantitative estimate of drug-likeness (QED) is 0.907. The van der Waals surface area contributed by atoms with Crippen molar-refractivity contribution >= 4 is 27.7 Å². The van der Waals surface area contributed by atoms with Crippen molar-refractivity contribution in [2.24, 2.45) is 5.92 Å². The number of hydrogen-bond acceptors (Lipinski definition) is 4. The van der Waals surface area contributed by atoms with Crippen molar-refractivity contribution in [1.82, 2.24) is 5.32 Å². The van der Waals surface area contributed by atoms with Gasteiger partial charge in [-0.2, -0.15) is 11.8 Å². The van der Waals surface area contributed by atoms with E-state index in [-0.39, 0.29) is 5.60 Å². The van der Waals surface area contributed by atoms with Crippen molar-refractivity contribution in [2.45, 2.75) is 30.9 Å². The summed E-state index contributed by atoms with van der Waals surface area (Å²) in [6.45, 7) is 0.888. The Hall–Kier alpha value is 0.0300. The van der Waals surface area contributed by atoms with Crippen LogP contribution in [0.1, 0.15) is 30.9 Å². The molecule has 1 N–H and O–H groups in total. The molecule has 19 heavy (non-hydrogen) atoms. The normalized spacial score (nSPS) is 32.8. The molecule has 3 atom stereocenters. The fraction of sp³-hybridized carbons (Fsp3) is 0.714. The molecule has 3 rings (SSSR count). The number of thioether (sulfide) groups is 1. The van der Waals surface area contributed by atoms with Crippen molar-refractivity contribution in [3.8, 4) is 0 Å². The largest absolute Gasteiger partial charge is 0.457 e. The molecule has 2 aliphatic rings. The molecule has 0 saturated carbocycles. The average molecular weight is 346 g/mol. The third-order valence-electron chi connectivity index (χ3n) is 4.36. The summed E-state index contributed by atoms with van der Waals surface area (Å²) in [6, 6.07) is 2.41. The van der Waals surface area contributed by atoms with Crippen LogP contribution in [0.25, 0.3) is 0 Å². The van der Waals surface area contributed by atoms with Gasteiger partial charge in [0.15, 0.2) is 4.67 Å². The molecule has 2 aliphatic heterocycles. The Bertz CT molecular complexity index is 431. The van der Waals surface area contributed by atoms with E-state index < -0.39 is 0 Å². The lowest BCUT2D eigenvalue weighted by atomic mass is 9.79. The van der Waals surface area contributed by atoms with Gasteiger partial charge in [-0.05, 0) is 60.0 Å². The van der Waals surface area contributed by atoms with Crippen LogP contribution in [0.4, 0.5) is 0 Å². The summed E-state index contributed by atoms with van der Waals surface area (Å²) in [7, 11) is 2.04. The van der Waals surface area contributed by atoms with E-state index in [1.807, 2.05) is 18.8 Å². The van der Waals surface area contributed by atoms with Crippen LogP contribution < -0.4 is 5.32 Å². The molecule has 106 valence electrons. The monoisotopic (exact) mass is 345 g/mol. The molecule has 0 aliphatic carbocycles. The molecule has 2 fully saturated rings. The van der Waals surface area contributed by atoms with Gasteiger partial charge in [0.2, 0.25) is 0 Å². The first-order chi connectivity index (χ1) is 9.24. The lowest BCUT2D eigenvalue weighted by Crippen LogP contribution is -2.43. The zero-order chi connectivity index (χ0) is 13.3. The zero-order valence-corrected chi connectivity index (χ0v) is 13.6. The molecular formula is C14H20BrNO2S. The fourth-order valence-electron chi connectivity index (χ4n) is 3.39. The maximum Gasteiger partial charge on any atom is 0.173 e. The van der Waals surface area contributed by atoms with Crippen LogP contribution in [0.3, 0.4) is 0 Å². The number of rotatable bonds is 3. The van der Waals surface area contributed by atoms with E-state index in [1.54, 1.807) is 6.26 Å². The Kier molecular flexibility index (Phi) is 4.27. The third kappa shape index (κ3) is 2.75. The van der Waals surface area contributed by atoms with Gasteiger partial charge in [-0.15, -0.1) is 0 Å². The van der Waals surface area contributed by atoms with Crippen LogP contribution in [-0.4, -0.2) is 30.8 Å². The summed E-state index contributed by atoms with van der Waals surface area (Å²) in [5, 5.41) is 3.47. The SMILES string of the molecule is CNC(c1ccoc1Br)C1CCOC2(CCSC2)C1. The van der Waals surface area contributed by atoms with Crippen LogP contribution >= 0.6 is 27.7 Å². The predicted octanol–water partition coefficient (Wildman–Crippen LogP) is 3.60. The number of nitrogens with one attached hydrogen (secondary N) is 1. The molecule has 0 radical (unpaired) electrons. The molecule has 1 aromatic rings. The van der Waals surface area contributed by atoms with E-state index in [9.17, 15) is 0 Å². The first-order valence-electron chi connectivity index (χ1n) is 6.86. The topological polar surface area (TPSA) is 34.4 Å². The van der Waals surface area contributed by atoms with Crippen LogP contribution in [0.15, 0.2) is 21.4 Å². The molecule has 1 aromatic heterocycles. The number of hydrogen-bond donors (Lipinski definition) is 1. The number of ether oxygens (including phenoxy) is 1. The highest BCUT2D eigenvalue weighted by Gasteiger charge is 2.42. The minimum absolute atomic E-state index is 0.138. The standard InChI is InChI=1S/C14H20BrNO2S/c1-16-12(11-3-5-17-13(11)15)10-2-6-18-14(8-10)4-7-19-9-14/h3,5,10,12,16H,2,4,6-9H2,1H3. The molecular weight excluding hydrogens is 326 g/mol. The van der Waals surface area contributed by atoms with Crippen LogP contribution in [-0.2, 0) is 4.74 Å². The molecule has 3 nitrogen and oxygen atoms in total. The Morgan fingerprint density at radius 1 is 1.58 bits per heavy atom. The predicted molar refractivity (Wildman–Crippen MR) is 81.6 cm³/mol. The smallest absolute Gasteiger partial charge is 0.173 e. The first-order valence-corrected chi connectivity index (χ1v) is 8.81. The summed E-state index contributed by atoms with van der Waals surface area (Å²) in [6.07, 6.45) is 5.24. The van der Waals surface area contributed by atoms with Gasteiger partial charge < -0.3 is 14.5 Å². The Balaban J connectivity index is 1.78. The minimum atomic E-state index is 0.138. The maximum absolute atomic E-state index is 6.12. The van der Waals surface area contributed by atoms with Crippen molar-refractivity contribution in [2.75, 3.05) is 25.2 Å². The molecule has 3 heterocycles. The summed E-state index contributed by atoms with van der Waals surface area (Å²) in [5.41, 5.74) is 1.37. The van der Waals surface area contributed by atoms with Gasteiger partial charge in [-0.25, -0.2) is 0 Å². The van der Waals surface area contributed by atoms with Crippen molar-refractivity contribution in [3.63, 3.8) is 0 Å². The Labute approximate surface area is 127 Å². The van der Waals surface area contributed by atoms with E-state index in [4.69, 9.17) is 9.15 Å². The second kappa shape index (κ2) is 5.80.